The first-order valence-electron chi connectivity index (χ1n) is 10.3. The molecule has 158 valence electrons. The summed E-state index contributed by atoms with van der Waals surface area (Å²) >= 11 is 6.72. The first-order chi connectivity index (χ1) is 13.1. The van der Waals surface area contributed by atoms with Gasteiger partial charge in [0.15, 0.2) is 0 Å². The number of carbonyl (C=O) groups excluding carboxylic acids is 3. The Hall–Kier alpha value is -0.950. The number of rotatable bonds is 7. The highest BCUT2D eigenvalue weighted by molar-refractivity contribution is 8.23. The molecule has 2 aliphatic rings. The van der Waals surface area contributed by atoms with Gasteiger partial charge in [-0.25, -0.2) is 0 Å². The summed E-state index contributed by atoms with van der Waals surface area (Å²) in [7, 11) is 0. The molecule has 1 aliphatic carbocycles. The number of amides is 1. The molecular formula is C21H33NO4S2. The minimum atomic E-state index is -0.895. The molecular weight excluding hydrogens is 394 g/mol. The largest absolute Gasteiger partial charge is 0.459 e. The summed E-state index contributed by atoms with van der Waals surface area (Å²) < 4.78 is 6.13. The third-order valence-corrected chi connectivity index (χ3v) is 6.78. The number of esters is 1. The van der Waals surface area contributed by atoms with Crippen LogP contribution in [0.15, 0.2) is 0 Å². The molecule has 0 spiro atoms. The zero-order valence-corrected chi connectivity index (χ0v) is 19.1. The second-order valence-electron chi connectivity index (χ2n) is 9.03. The van der Waals surface area contributed by atoms with Gasteiger partial charge in [0, 0.05) is 25.1 Å². The van der Waals surface area contributed by atoms with Crippen molar-refractivity contribution in [2.45, 2.75) is 78.2 Å². The maximum atomic E-state index is 13.1. The molecule has 0 aromatic heterocycles. The number of carbonyl (C=O) groups is 3. The van der Waals surface area contributed by atoms with Crippen LogP contribution in [0.5, 0.6) is 0 Å². The van der Waals surface area contributed by atoms with Crippen LogP contribution in [-0.2, 0) is 19.1 Å². The molecule has 2 atom stereocenters. The number of hydrogen-bond donors (Lipinski definition) is 0. The Balaban J connectivity index is 2.09. The van der Waals surface area contributed by atoms with E-state index < -0.39 is 23.4 Å². The minimum absolute atomic E-state index is 0.0835. The molecule has 7 heteroatoms. The van der Waals surface area contributed by atoms with E-state index in [1.54, 1.807) is 32.6 Å². The molecule has 0 radical (unpaired) electrons. The Bertz CT molecular complexity index is 608. The average Bonchev–Trinajstić information content (AvgIpc) is 3.00. The van der Waals surface area contributed by atoms with E-state index in [4.69, 9.17) is 17.0 Å². The van der Waals surface area contributed by atoms with E-state index in [-0.39, 0.29) is 18.1 Å². The van der Waals surface area contributed by atoms with E-state index in [9.17, 15) is 14.4 Å². The molecule has 0 bridgehead atoms. The predicted molar refractivity (Wildman–Crippen MR) is 116 cm³/mol. The lowest BCUT2D eigenvalue weighted by molar-refractivity contribution is -0.164. The van der Waals surface area contributed by atoms with Gasteiger partial charge in [0.05, 0.1) is 0 Å². The van der Waals surface area contributed by atoms with Crippen LogP contribution in [0.2, 0.25) is 0 Å². The van der Waals surface area contributed by atoms with E-state index in [1.807, 2.05) is 0 Å². The van der Waals surface area contributed by atoms with Gasteiger partial charge in [-0.3, -0.25) is 19.3 Å². The molecule has 0 aromatic rings. The molecule has 1 amide bonds. The summed E-state index contributed by atoms with van der Waals surface area (Å²) in [4.78, 5) is 40.2. The summed E-state index contributed by atoms with van der Waals surface area (Å²) in [6, 6.07) is 0. The summed E-state index contributed by atoms with van der Waals surface area (Å²) in [5.41, 5.74) is -0.669. The second kappa shape index (κ2) is 10.2. The van der Waals surface area contributed by atoms with Crippen molar-refractivity contribution in [1.29, 1.82) is 0 Å². The number of nitrogens with zero attached hydrogens (tertiary/aromatic N) is 1. The van der Waals surface area contributed by atoms with Gasteiger partial charge in [-0.2, -0.15) is 0 Å². The van der Waals surface area contributed by atoms with E-state index in [1.165, 1.54) is 18.2 Å². The van der Waals surface area contributed by atoms with Gasteiger partial charge in [-0.1, -0.05) is 63.0 Å². The van der Waals surface area contributed by atoms with Gasteiger partial charge in [-0.05, 0) is 32.6 Å². The van der Waals surface area contributed by atoms with Crippen molar-refractivity contribution in [2.24, 2.45) is 17.8 Å². The van der Waals surface area contributed by atoms with Crippen LogP contribution in [0.25, 0.3) is 0 Å². The lowest BCUT2D eigenvalue weighted by Crippen LogP contribution is -2.40. The number of ether oxygens (including phenoxy) is 1. The maximum Gasteiger partial charge on any atom is 0.317 e. The summed E-state index contributed by atoms with van der Waals surface area (Å²) in [6.45, 7) is 7.79. The van der Waals surface area contributed by atoms with Gasteiger partial charge >= 0.3 is 5.97 Å². The highest BCUT2D eigenvalue weighted by atomic mass is 32.2. The van der Waals surface area contributed by atoms with Gasteiger partial charge in [0.2, 0.25) is 5.91 Å². The molecule has 2 fully saturated rings. The maximum absolute atomic E-state index is 13.1. The number of thiocarbonyl (C=S) groups is 1. The lowest BCUT2D eigenvalue weighted by atomic mass is 9.79. The van der Waals surface area contributed by atoms with E-state index in [2.05, 4.69) is 0 Å². The quantitative estimate of drug-likeness (QED) is 0.341. The highest BCUT2D eigenvalue weighted by Crippen LogP contribution is 2.31. The smallest absolute Gasteiger partial charge is 0.317 e. The SMILES string of the molecule is C[C@H](CC(=O)N1CCSC1=S)C(C(=O)CC1CCCCC1)C(=O)OC(C)(C)C. The van der Waals surface area contributed by atoms with Crippen molar-refractivity contribution in [1.82, 2.24) is 4.90 Å². The number of hydrogen-bond acceptors (Lipinski definition) is 6. The van der Waals surface area contributed by atoms with Crippen LogP contribution in [-0.4, -0.2) is 44.8 Å². The molecule has 1 heterocycles. The standard InChI is InChI=1S/C21H33NO4S2/c1-14(12-17(24)22-10-11-28-20(22)27)18(19(25)26-21(2,3)4)16(23)13-15-8-6-5-7-9-15/h14-15,18H,5-13H2,1-4H3/t14-,18?/m1/s1. The molecule has 28 heavy (non-hydrogen) atoms. The van der Waals surface area contributed by atoms with Crippen LogP contribution in [0.1, 0.15) is 72.6 Å². The zero-order valence-electron chi connectivity index (χ0n) is 17.5. The number of ketones is 1. The van der Waals surface area contributed by atoms with Crippen molar-refractivity contribution in [3.05, 3.63) is 0 Å². The van der Waals surface area contributed by atoms with Crippen molar-refractivity contribution < 1.29 is 19.1 Å². The Kier molecular flexibility index (Phi) is 8.49. The first kappa shape index (κ1) is 23.3. The molecule has 1 unspecified atom stereocenters. The monoisotopic (exact) mass is 427 g/mol. The molecule has 1 aliphatic heterocycles. The molecule has 1 saturated carbocycles. The Labute approximate surface area is 178 Å². The number of Topliss-reactive ketones (excluding diaryl/α,β-unsaturated/α-hetero) is 1. The summed E-state index contributed by atoms with van der Waals surface area (Å²) in [6.07, 6.45) is 6.12. The predicted octanol–water partition coefficient (Wildman–Crippen LogP) is 4.37. The molecule has 0 N–H and O–H groups in total. The van der Waals surface area contributed by atoms with Crippen molar-refractivity contribution in [3.63, 3.8) is 0 Å². The van der Waals surface area contributed by atoms with Crippen LogP contribution in [0.3, 0.4) is 0 Å². The van der Waals surface area contributed by atoms with Gasteiger partial charge in [0.1, 0.15) is 21.6 Å². The average molecular weight is 428 g/mol. The van der Waals surface area contributed by atoms with Gasteiger partial charge in [-0.15, -0.1) is 0 Å². The molecule has 1 saturated heterocycles. The van der Waals surface area contributed by atoms with Crippen molar-refractivity contribution in [3.8, 4) is 0 Å². The third kappa shape index (κ3) is 6.83. The van der Waals surface area contributed by atoms with Crippen molar-refractivity contribution in [2.75, 3.05) is 12.3 Å². The van der Waals surface area contributed by atoms with Crippen molar-refractivity contribution >= 4 is 46.0 Å². The van der Waals surface area contributed by atoms with E-state index >= 15 is 0 Å². The van der Waals surface area contributed by atoms with Gasteiger partial charge in [0.25, 0.3) is 0 Å². The fourth-order valence-corrected chi connectivity index (χ4v) is 5.21. The van der Waals surface area contributed by atoms with Crippen LogP contribution in [0, 0.1) is 17.8 Å². The number of thioether (sulfide) groups is 1. The highest BCUT2D eigenvalue weighted by Gasteiger charge is 2.38. The van der Waals surface area contributed by atoms with E-state index in [0.717, 1.165) is 31.4 Å². The van der Waals surface area contributed by atoms with Crippen LogP contribution < -0.4 is 0 Å². The lowest BCUT2D eigenvalue weighted by Gasteiger charge is -2.29. The first-order valence-corrected chi connectivity index (χ1v) is 11.7. The molecule has 0 aromatic carbocycles. The van der Waals surface area contributed by atoms with Crippen LogP contribution >= 0.6 is 24.0 Å². The Morgan fingerprint density at radius 2 is 1.86 bits per heavy atom. The fraction of sp³-hybridized carbons (Fsp3) is 0.810. The van der Waals surface area contributed by atoms with Gasteiger partial charge < -0.3 is 4.74 Å². The third-order valence-electron chi connectivity index (χ3n) is 5.35. The van der Waals surface area contributed by atoms with E-state index in [0.29, 0.717) is 23.2 Å². The van der Waals surface area contributed by atoms with Crippen LogP contribution in [0.4, 0.5) is 0 Å². The molecule has 2 rings (SSSR count). The zero-order chi connectivity index (χ0) is 20.9. The normalized spacial score (nSPS) is 20.7. The summed E-state index contributed by atoms with van der Waals surface area (Å²) in [5, 5.41) is 0. The molecule has 5 nitrogen and oxygen atoms in total. The minimum Gasteiger partial charge on any atom is -0.459 e. The Morgan fingerprint density at radius 1 is 1.21 bits per heavy atom. The Morgan fingerprint density at radius 3 is 2.39 bits per heavy atom. The summed E-state index contributed by atoms with van der Waals surface area (Å²) in [5.74, 6) is -0.861. The fourth-order valence-electron chi connectivity index (χ4n) is 3.97. The second-order valence-corrected chi connectivity index (χ2v) is 10.8. The topological polar surface area (TPSA) is 63.7 Å².